The highest BCUT2D eigenvalue weighted by atomic mass is 16.6. The van der Waals surface area contributed by atoms with Crippen LogP contribution < -0.4 is 5.32 Å². The number of rotatable bonds is 8. The normalized spacial score (nSPS) is 12.6. The van der Waals surface area contributed by atoms with Crippen LogP contribution in [0.15, 0.2) is 66.4 Å². The maximum absolute atomic E-state index is 12.3. The number of esters is 1. The Morgan fingerprint density at radius 1 is 1.00 bits per heavy atom. The maximum atomic E-state index is 12.3. The van der Waals surface area contributed by atoms with Gasteiger partial charge in [-0.15, -0.1) is 0 Å². The van der Waals surface area contributed by atoms with Crippen LogP contribution in [0, 0.1) is 0 Å². The van der Waals surface area contributed by atoms with Gasteiger partial charge in [-0.1, -0.05) is 54.6 Å². The molecule has 6 nitrogen and oxygen atoms in total. The average Bonchev–Trinajstić information content (AvgIpc) is 2.71. The lowest BCUT2D eigenvalue weighted by molar-refractivity contribution is -0.142. The molecule has 1 atom stereocenters. The number of methoxy groups -OCH3 is 1. The smallest absolute Gasteiger partial charge is 0.408 e. The second-order valence-corrected chi connectivity index (χ2v) is 7.98. The topological polar surface area (TPSA) is 73.9 Å². The molecule has 0 heterocycles. The molecule has 6 heteroatoms. The summed E-state index contributed by atoms with van der Waals surface area (Å²) in [7, 11) is 1.39. The molecule has 1 amide bonds. The lowest BCUT2D eigenvalue weighted by atomic mass is 10.0. The van der Waals surface area contributed by atoms with Gasteiger partial charge in [0.25, 0.3) is 0 Å². The fourth-order valence-corrected chi connectivity index (χ4v) is 2.93. The van der Waals surface area contributed by atoms with E-state index in [0.717, 1.165) is 16.7 Å². The van der Waals surface area contributed by atoms with Gasteiger partial charge in [0, 0.05) is 0 Å². The maximum Gasteiger partial charge on any atom is 0.408 e. The zero-order chi connectivity index (χ0) is 22.9. The molecule has 166 valence electrons. The molecule has 0 aliphatic heterocycles. The first-order valence-corrected chi connectivity index (χ1v) is 10.3. The molecule has 31 heavy (non-hydrogen) atoms. The molecule has 0 aliphatic carbocycles. The molecule has 0 saturated heterocycles. The van der Waals surface area contributed by atoms with Gasteiger partial charge in [-0.2, -0.15) is 0 Å². The number of hydrogen-bond donors (Lipinski definition) is 1. The number of benzene rings is 2. The summed E-state index contributed by atoms with van der Waals surface area (Å²) < 4.78 is 15.6. The van der Waals surface area contributed by atoms with Crippen LogP contribution in [0.25, 0.3) is 11.1 Å². The highest BCUT2D eigenvalue weighted by Gasteiger charge is 2.21. The summed E-state index contributed by atoms with van der Waals surface area (Å²) in [5, 5.41) is 2.80. The van der Waals surface area contributed by atoms with Crippen LogP contribution in [0.1, 0.15) is 33.3 Å². The molecular formula is C25H31NO5. The zero-order valence-corrected chi connectivity index (χ0v) is 18.8. The Balaban J connectivity index is 2.22. The van der Waals surface area contributed by atoms with Crippen molar-refractivity contribution < 1.29 is 23.8 Å². The van der Waals surface area contributed by atoms with Crippen molar-refractivity contribution in [1.29, 1.82) is 0 Å². The van der Waals surface area contributed by atoms with Crippen LogP contribution >= 0.6 is 0 Å². The van der Waals surface area contributed by atoms with E-state index in [0.29, 0.717) is 6.42 Å². The van der Waals surface area contributed by atoms with Crippen molar-refractivity contribution in [1.82, 2.24) is 5.32 Å². The van der Waals surface area contributed by atoms with E-state index in [1.165, 1.54) is 7.11 Å². The van der Waals surface area contributed by atoms with E-state index in [9.17, 15) is 9.59 Å². The van der Waals surface area contributed by atoms with Crippen molar-refractivity contribution in [3.8, 4) is 11.1 Å². The van der Waals surface area contributed by atoms with E-state index in [1.807, 2.05) is 42.5 Å². The molecule has 0 aliphatic rings. The van der Waals surface area contributed by atoms with Crippen LogP contribution in [-0.2, 0) is 25.4 Å². The third-order valence-electron chi connectivity index (χ3n) is 4.27. The predicted molar refractivity (Wildman–Crippen MR) is 120 cm³/mol. The van der Waals surface area contributed by atoms with E-state index in [2.05, 4.69) is 17.4 Å². The number of carbonyl (C=O) groups excluding carboxylic acids is 2. The zero-order valence-electron chi connectivity index (χ0n) is 18.8. The van der Waals surface area contributed by atoms with Crippen molar-refractivity contribution >= 4 is 12.1 Å². The van der Waals surface area contributed by atoms with Crippen LogP contribution in [0.2, 0.25) is 0 Å². The van der Waals surface area contributed by atoms with Gasteiger partial charge in [0.15, 0.2) is 0 Å². The summed E-state index contributed by atoms with van der Waals surface area (Å²) in [4.78, 5) is 24.5. The Morgan fingerprint density at radius 3 is 2.16 bits per heavy atom. The second-order valence-electron chi connectivity index (χ2n) is 7.98. The van der Waals surface area contributed by atoms with Gasteiger partial charge in [0.05, 0.1) is 19.8 Å². The van der Waals surface area contributed by atoms with Gasteiger partial charge in [0.1, 0.15) is 5.60 Å². The van der Waals surface area contributed by atoms with Crippen LogP contribution in [-0.4, -0.2) is 37.4 Å². The largest absolute Gasteiger partial charge is 0.490 e. The first-order valence-electron chi connectivity index (χ1n) is 10.3. The van der Waals surface area contributed by atoms with Crippen LogP contribution in [0.5, 0.6) is 0 Å². The van der Waals surface area contributed by atoms with Crippen LogP contribution in [0.3, 0.4) is 0 Å². The molecule has 0 fully saturated rings. The van der Waals surface area contributed by atoms with E-state index in [1.54, 1.807) is 33.8 Å². The van der Waals surface area contributed by atoms with E-state index in [4.69, 9.17) is 14.2 Å². The fraction of sp³-hybridized carbons (Fsp3) is 0.360. The molecule has 0 bridgehead atoms. The summed E-state index contributed by atoms with van der Waals surface area (Å²) in [6.07, 6.45) is 1.42. The Labute approximate surface area is 184 Å². The quantitative estimate of drug-likeness (QED) is 0.371. The van der Waals surface area contributed by atoms with Gasteiger partial charge < -0.3 is 19.5 Å². The molecule has 0 saturated carbocycles. The Morgan fingerprint density at radius 2 is 1.61 bits per heavy atom. The third-order valence-corrected chi connectivity index (χ3v) is 4.27. The highest BCUT2D eigenvalue weighted by molar-refractivity contribution is 5.86. The van der Waals surface area contributed by atoms with Crippen molar-refractivity contribution in [3.63, 3.8) is 0 Å². The SMILES string of the molecule is CCOC(=O)/C(=C/[C@H](Cc1ccc(-c2ccccc2)cc1)NC(=O)OC(C)(C)C)OC. The number of ether oxygens (including phenoxy) is 3. The molecule has 0 radical (unpaired) electrons. The minimum absolute atomic E-state index is 0.0313. The van der Waals surface area contributed by atoms with E-state index >= 15 is 0 Å². The molecule has 0 unspecified atom stereocenters. The van der Waals surface area contributed by atoms with Gasteiger partial charge in [-0.05, 0) is 56.9 Å². The minimum atomic E-state index is -0.638. The Bertz CT molecular complexity index is 882. The average molecular weight is 426 g/mol. The summed E-state index contributed by atoms with van der Waals surface area (Å²) >= 11 is 0. The lowest BCUT2D eigenvalue weighted by Crippen LogP contribution is -2.39. The van der Waals surface area contributed by atoms with Crippen LogP contribution in [0.4, 0.5) is 4.79 Å². The number of amides is 1. The van der Waals surface area contributed by atoms with Crippen molar-refractivity contribution in [2.75, 3.05) is 13.7 Å². The molecular weight excluding hydrogens is 394 g/mol. The monoisotopic (exact) mass is 425 g/mol. The van der Waals surface area contributed by atoms with Crippen molar-refractivity contribution in [2.45, 2.75) is 45.8 Å². The van der Waals surface area contributed by atoms with E-state index < -0.39 is 23.7 Å². The fourth-order valence-electron chi connectivity index (χ4n) is 2.93. The minimum Gasteiger partial charge on any atom is -0.490 e. The standard InChI is InChI=1S/C25H31NO5/c1-6-30-23(27)22(29-5)17-21(26-24(28)31-25(2,3)4)16-18-12-14-20(15-13-18)19-10-8-7-9-11-19/h7-15,17,21H,6,16H2,1-5H3,(H,26,28)/b22-17-/t21-/m0/s1. The number of carbonyl (C=O) groups is 2. The highest BCUT2D eigenvalue weighted by Crippen LogP contribution is 2.20. The molecule has 0 spiro atoms. The van der Waals surface area contributed by atoms with E-state index in [-0.39, 0.29) is 12.4 Å². The number of hydrogen-bond acceptors (Lipinski definition) is 5. The van der Waals surface area contributed by atoms with Crippen molar-refractivity contribution in [2.24, 2.45) is 0 Å². The third kappa shape index (κ3) is 8.16. The molecule has 0 aromatic heterocycles. The van der Waals surface area contributed by atoms with Gasteiger partial charge in [-0.25, -0.2) is 9.59 Å². The summed E-state index contributed by atoms with van der Waals surface area (Å²) in [5.41, 5.74) is 2.57. The summed E-state index contributed by atoms with van der Waals surface area (Å²) in [5.74, 6) is -0.552. The molecule has 2 aromatic carbocycles. The Kier molecular flexibility index (Phi) is 8.67. The van der Waals surface area contributed by atoms with Gasteiger partial charge >= 0.3 is 12.1 Å². The van der Waals surface area contributed by atoms with Gasteiger partial charge in [0.2, 0.25) is 5.76 Å². The van der Waals surface area contributed by atoms with Gasteiger partial charge in [-0.3, -0.25) is 0 Å². The first kappa shape index (κ1) is 24.0. The number of alkyl carbamates (subject to hydrolysis) is 1. The Hall–Kier alpha value is -3.28. The first-order chi connectivity index (χ1) is 14.7. The summed E-state index contributed by atoms with van der Waals surface area (Å²) in [6.45, 7) is 7.32. The molecule has 1 N–H and O–H groups in total. The molecule has 2 aromatic rings. The summed E-state index contributed by atoms with van der Waals surface area (Å²) in [6, 6.07) is 17.6. The predicted octanol–water partition coefficient (Wildman–Crippen LogP) is 4.88. The van der Waals surface area contributed by atoms with Crippen molar-refractivity contribution in [3.05, 3.63) is 72.0 Å². The lowest BCUT2D eigenvalue weighted by Gasteiger charge is -2.23. The second kappa shape index (κ2) is 11.2. The number of nitrogens with one attached hydrogen (secondary N) is 1. The molecule has 2 rings (SSSR count).